The van der Waals surface area contributed by atoms with Crippen LogP contribution in [0.1, 0.15) is 18.4 Å². The molecule has 23 heavy (non-hydrogen) atoms. The Hall–Kier alpha value is -2.54. The maximum Gasteiger partial charge on any atom is 0.231 e. The molecular weight excluding hydrogens is 300 g/mol. The van der Waals surface area contributed by atoms with Crippen molar-refractivity contribution in [3.63, 3.8) is 0 Å². The van der Waals surface area contributed by atoms with Crippen molar-refractivity contribution in [2.75, 3.05) is 13.4 Å². The quantitative estimate of drug-likeness (QED) is 0.866. The molecule has 1 aliphatic rings. The average molecular weight is 318 g/mol. The zero-order valence-corrected chi connectivity index (χ0v) is 13.0. The Morgan fingerprint density at radius 3 is 2.96 bits per heavy atom. The smallest absolute Gasteiger partial charge is 0.231 e. The number of ether oxygens (including phenoxy) is 2. The number of nitrogens with zero attached hydrogens (tertiary/aromatic N) is 1. The Balaban J connectivity index is 1.77. The lowest BCUT2D eigenvalue weighted by Gasteiger charge is -2.09. The van der Waals surface area contributed by atoms with E-state index in [1.54, 1.807) is 26.0 Å². The summed E-state index contributed by atoms with van der Waals surface area (Å²) in [6.07, 6.45) is 0.101. The molecule has 1 amide bonds. The highest BCUT2D eigenvalue weighted by Gasteiger charge is 2.19. The fourth-order valence-corrected chi connectivity index (χ4v) is 2.27. The summed E-state index contributed by atoms with van der Waals surface area (Å²) < 4.78 is 16.3. The lowest BCUT2D eigenvalue weighted by Crippen LogP contribution is -2.36. The van der Waals surface area contributed by atoms with E-state index in [1.807, 2.05) is 6.07 Å². The molecule has 2 aromatic rings. The van der Waals surface area contributed by atoms with Crippen LogP contribution in [0, 0.1) is 6.92 Å². The minimum absolute atomic E-state index is 0.101. The molecule has 0 saturated heterocycles. The molecule has 0 aliphatic carbocycles. The zero-order chi connectivity index (χ0) is 16.4. The Bertz CT molecular complexity index is 725. The summed E-state index contributed by atoms with van der Waals surface area (Å²) in [5.41, 5.74) is 1.33. The maximum atomic E-state index is 11.9. The first-order valence-corrected chi connectivity index (χ1v) is 7.33. The molecule has 1 atom stereocenters. The standard InChI is InChI=1S/C16H18N2O5/c1-9(7-19)17-15(20)6-12-10(2)23-16(18-12)11-3-4-13-14(5-11)22-8-21-13/h3-5,9,19H,6-8H2,1-2H3,(H,17,20). The number of oxazole rings is 1. The van der Waals surface area contributed by atoms with Crippen LogP contribution in [0.25, 0.3) is 11.5 Å². The SMILES string of the molecule is Cc1oc(-c2ccc3c(c2)OCO3)nc1CC(=O)NC(C)CO. The summed E-state index contributed by atoms with van der Waals surface area (Å²) in [7, 11) is 0. The van der Waals surface area contributed by atoms with E-state index in [9.17, 15) is 4.79 Å². The van der Waals surface area contributed by atoms with Crippen molar-refractivity contribution in [2.45, 2.75) is 26.3 Å². The first-order valence-electron chi connectivity index (χ1n) is 7.33. The molecule has 7 nitrogen and oxygen atoms in total. The number of amides is 1. The molecule has 1 aromatic carbocycles. The zero-order valence-electron chi connectivity index (χ0n) is 13.0. The van der Waals surface area contributed by atoms with Crippen molar-refractivity contribution in [2.24, 2.45) is 0 Å². The Morgan fingerprint density at radius 2 is 2.17 bits per heavy atom. The fourth-order valence-electron chi connectivity index (χ4n) is 2.27. The van der Waals surface area contributed by atoms with Gasteiger partial charge >= 0.3 is 0 Å². The third kappa shape index (κ3) is 3.29. The highest BCUT2D eigenvalue weighted by atomic mass is 16.7. The molecule has 122 valence electrons. The van der Waals surface area contributed by atoms with Crippen molar-refractivity contribution >= 4 is 5.91 Å². The van der Waals surface area contributed by atoms with Gasteiger partial charge in [0.1, 0.15) is 5.76 Å². The van der Waals surface area contributed by atoms with Gasteiger partial charge in [0, 0.05) is 11.6 Å². The Kier molecular flexibility index (Phi) is 4.20. The number of rotatable bonds is 5. The van der Waals surface area contributed by atoms with Crippen LogP contribution in [0.3, 0.4) is 0 Å². The summed E-state index contributed by atoms with van der Waals surface area (Å²) in [4.78, 5) is 16.3. The van der Waals surface area contributed by atoms with Gasteiger partial charge in [-0.05, 0) is 32.0 Å². The van der Waals surface area contributed by atoms with Crippen LogP contribution in [0.15, 0.2) is 22.6 Å². The number of nitrogens with one attached hydrogen (secondary N) is 1. The van der Waals surface area contributed by atoms with E-state index in [-0.39, 0.29) is 31.8 Å². The van der Waals surface area contributed by atoms with E-state index in [1.165, 1.54) is 0 Å². The molecule has 0 spiro atoms. The van der Waals surface area contributed by atoms with E-state index >= 15 is 0 Å². The van der Waals surface area contributed by atoms with Gasteiger partial charge in [0.25, 0.3) is 0 Å². The monoisotopic (exact) mass is 318 g/mol. The largest absolute Gasteiger partial charge is 0.454 e. The van der Waals surface area contributed by atoms with Gasteiger partial charge in [0.15, 0.2) is 11.5 Å². The molecule has 1 aliphatic heterocycles. The second-order valence-corrected chi connectivity index (χ2v) is 5.42. The summed E-state index contributed by atoms with van der Waals surface area (Å²) in [5.74, 6) is 2.15. The van der Waals surface area contributed by atoms with Gasteiger partial charge in [0.05, 0.1) is 18.7 Å². The van der Waals surface area contributed by atoms with Crippen LogP contribution in [0.4, 0.5) is 0 Å². The topological polar surface area (TPSA) is 93.8 Å². The second kappa shape index (κ2) is 6.29. The summed E-state index contributed by atoms with van der Waals surface area (Å²) in [6, 6.07) is 5.14. The molecule has 1 unspecified atom stereocenters. The van der Waals surface area contributed by atoms with Crippen LogP contribution in [0.5, 0.6) is 11.5 Å². The second-order valence-electron chi connectivity index (χ2n) is 5.42. The molecular formula is C16H18N2O5. The number of aryl methyl sites for hydroxylation is 1. The number of aliphatic hydroxyl groups excluding tert-OH is 1. The summed E-state index contributed by atoms with van der Waals surface area (Å²) >= 11 is 0. The third-order valence-corrected chi connectivity index (χ3v) is 3.52. The van der Waals surface area contributed by atoms with E-state index in [4.69, 9.17) is 19.0 Å². The molecule has 3 rings (SSSR count). The van der Waals surface area contributed by atoms with Crippen LogP contribution in [0.2, 0.25) is 0 Å². The van der Waals surface area contributed by atoms with Gasteiger partial charge in [-0.15, -0.1) is 0 Å². The molecule has 0 fully saturated rings. The van der Waals surface area contributed by atoms with Crippen molar-refractivity contribution in [1.29, 1.82) is 0 Å². The third-order valence-electron chi connectivity index (χ3n) is 3.52. The normalized spacial score (nSPS) is 13.9. The number of benzene rings is 1. The van der Waals surface area contributed by atoms with Gasteiger partial charge in [-0.3, -0.25) is 4.79 Å². The van der Waals surface area contributed by atoms with Crippen LogP contribution in [-0.2, 0) is 11.2 Å². The maximum absolute atomic E-state index is 11.9. The van der Waals surface area contributed by atoms with Gasteiger partial charge in [-0.2, -0.15) is 0 Å². The number of hydrogen-bond acceptors (Lipinski definition) is 6. The predicted octanol–water partition coefficient (Wildman–Crippen LogP) is 1.42. The predicted molar refractivity (Wildman–Crippen MR) is 81.2 cm³/mol. The van der Waals surface area contributed by atoms with E-state index < -0.39 is 0 Å². The van der Waals surface area contributed by atoms with Crippen molar-refractivity contribution < 1.29 is 23.8 Å². The highest BCUT2D eigenvalue weighted by molar-refractivity contribution is 5.78. The molecule has 1 aromatic heterocycles. The van der Waals surface area contributed by atoms with Gasteiger partial charge < -0.3 is 24.3 Å². The molecule has 0 saturated carbocycles. The van der Waals surface area contributed by atoms with Gasteiger partial charge in [-0.25, -0.2) is 4.98 Å². The molecule has 0 bridgehead atoms. The lowest BCUT2D eigenvalue weighted by molar-refractivity contribution is -0.121. The number of aliphatic hydroxyl groups is 1. The minimum Gasteiger partial charge on any atom is -0.454 e. The highest BCUT2D eigenvalue weighted by Crippen LogP contribution is 2.36. The number of carbonyl (C=O) groups excluding carboxylic acids is 1. The van der Waals surface area contributed by atoms with Crippen LogP contribution >= 0.6 is 0 Å². The fraction of sp³-hybridized carbons (Fsp3) is 0.375. The molecule has 2 N–H and O–H groups in total. The van der Waals surface area contributed by atoms with Crippen LogP contribution in [-0.4, -0.2) is 35.4 Å². The van der Waals surface area contributed by atoms with Gasteiger partial charge in [-0.1, -0.05) is 0 Å². The summed E-state index contributed by atoms with van der Waals surface area (Å²) in [5, 5.41) is 11.6. The first-order chi connectivity index (χ1) is 11.1. The lowest BCUT2D eigenvalue weighted by atomic mass is 10.2. The number of carbonyl (C=O) groups is 1. The number of hydrogen-bond donors (Lipinski definition) is 2. The van der Waals surface area contributed by atoms with Gasteiger partial charge in [0.2, 0.25) is 18.6 Å². The van der Waals surface area contributed by atoms with E-state index in [0.29, 0.717) is 28.8 Å². The molecule has 0 radical (unpaired) electrons. The molecule has 2 heterocycles. The van der Waals surface area contributed by atoms with E-state index in [2.05, 4.69) is 10.3 Å². The van der Waals surface area contributed by atoms with Crippen molar-refractivity contribution in [1.82, 2.24) is 10.3 Å². The average Bonchev–Trinajstić information content (AvgIpc) is 3.13. The minimum atomic E-state index is -0.289. The number of fused-ring (bicyclic) bond motifs is 1. The van der Waals surface area contributed by atoms with Crippen molar-refractivity contribution in [3.8, 4) is 23.0 Å². The molecule has 7 heteroatoms. The Labute approximate surface area is 133 Å². The summed E-state index contributed by atoms with van der Waals surface area (Å²) in [6.45, 7) is 3.59. The Morgan fingerprint density at radius 1 is 1.39 bits per heavy atom. The van der Waals surface area contributed by atoms with Crippen molar-refractivity contribution in [3.05, 3.63) is 29.7 Å². The van der Waals surface area contributed by atoms with Crippen LogP contribution < -0.4 is 14.8 Å². The number of aromatic nitrogens is 1. The van der Waals surface area contributed by atoms with E-state index in [0.717, 1.165) is 5.56 Å². The first kappa shape index (κ1) is 15.4.